The van der Waals surface area contributed by atoms with Gasteiger partial charge in [-0.05, 0) is 69.4 Å². The Hall–Kier alpha value is -2.83. The minimum Gasteiger partial charge on any atom is -0.450 e. The van der Waals surface area contributed by atoms with Crippen LogP contribution < -0.4 is 4.90 Å². The molecule has 1 unspecified atom stereocenters. The van der Waals surface area contributed by atoms with Gasteiger partial charge in [0.15, 0.2) is 11.4 Å². The molecule has 0 spiro atoms. The SMILES string of the molecule is CC1CCN(C(=O)OCCCCCc2nc(N3CCC[C@H]3C)c3oc4ccccc4c3n2)C[C@@H]1C. The van der Waals surface area contributed by atoms with E-state index < -0.39 is 0 Å². The number of aryl methyl sites for hydroxylation is 1. The van der Waals surface area contributed by atoms with E-state index in [4.69, 9.17) is 19.1 Å². The van der Waals surface area contributed by atoms with Crippen molar-refractivity contribution in [2.45, 2.75) is 71.8 Å². The van der Waals surface area contributed by atoms with Crippen LogP contribution in [-0.2, 0) is 11.2 Å². The summed E-state index contributed by atoms with van der Waals surface area (Å²) in [6.07, 6.45) is 6.86. The highest BCUT2D eigenvalue weighted by Gasteiger charge is 2.28. The van der Waals surface area contributed by atoms with Crippen molar-refractivity contribution in [3.05, 3.63) is 30.1 Å². The number of para-hydroxylation sites is 1. The van der Waals surface area contributed by atoms with Crippen LogP contribution in [0.15, 0.2) is 28.7 Å². The number of ether oxygens (including phenoxy) is 1. The molecule has 4 heterocycles. The highest BCUT2D eigenvalue weighted by molar-refractivity contribution is 6.05. The summed E-state index contributed by atoms with van der Waals surface area (Å²) in [6.45, 7) is 9.83. The minimum absolute atomic E-state index is 0.159. The molecule has 2 fully saturated rings. The van der Waals surface area contributed by atoms with Gasteiger partial charge in [0.25, 0.3) is 0 Å². The first-order valence-corrected chi connectivity index (χ1v) is 13.4. The van der Waals surface area contributed by atoms with Gasteiger partial charge in [0, 0.05) is 37.5 Å². The summed E-state index contributed by atoms with van der Waals surface area (Å²) in [5.74, 6) is 3.01. The highest BCUT2D eigenvalue weighted by atomic mass is 16.6. The number of benzene rings is 1. The Morgan fingerprint density at radius 1 is 1.06 bits per heavy atom. The van der Waals surface area contributed by atoms with Gasteiger partial charge in [-0.2, -0.15) is 0 Å². The molecule has 3 atom stereocenters. The van der Waals surface area contributed by atoms with Crippen LogP contribution in [0.25, 0.3) is 22.1 Å². The normalized spacial score (nSPS) is 22.9. The fraction of sp³-hybridized carbons (Fsp3) is 0.607. The van der Waals surface area contributed by atoms with Crippen molar-refractivity contribution in [2.24, 2.45) is 11.8 Å². The average molecular weight is 479 g/mol. The second-order valence-electron chi connectivity index (χ2n) is 10.5. The second kappa shape index (κ2) is 10.4. The van der Waals surface area contributed by atoms with Gasteiger partial charge in [-0.3, -0.25) is 0 Å². The molecule has 0 aliphatic carbocycles. The van der Waals surface area contributed by atoms with Gasteiger partial charge < -0.3 is 19.0 Å². The van der Waals surface area contributed by atoms with E-state index >= 15 is 0 Å². The lowest BCUT2D eigenvalue weighted by atomic mass is 9.89. The third kappa shape index (κ3) is 5.09. The fourth-order valence-corrected chi connectivity index (χ4v) is 5.42. The molecule has 35 heavy (non-hydrogen) atoms. The smallest absolute Gasteiger partial charge is 0.409 e. The van der Waals surface area contributed by atoms with Gasteiger partial charge in [-0.1, -0.05) is 26.0 Å². The van der Waals surface area contributed by atoms with Crippen molar-refractivity contribution in [3.63, 3.8) is 0 Å². The molecule has 1 amide bonds. The first-order valence-electron chi connectivity index (χ1n) is 13.4. The van der Waals surface area contributed by atoms with Gasteiger partial charge in [0.1, 0.15) is 16.9 Å². The molecule has 0 saturated carbocycles. The van der Waals surface area contributed by atoms with Crippen molar-refractivity contribution in [2.75, 3.05) is 31.1 Å². The van der Waals surface area contributed by atoms with Crippen molar-refractivity contribution in [3.8, 4) is 0 Å². The van der Waals surface area contributed by atoms with Crippen LogP contribution in [0.1, 0.15) is 65.1 Å². The zero-order valence-electron chi connectivity index (χ0n) is 21.3. The molecular weight excluding hydrogens is 440 g/mol. The fourth-order valence-electron chi connectivity index (χ4n) is 5.42. The summed E-state index contributed by atoms with van der Waals surface area (Å²) in [6, 6.07) is 8.56. The van der Waals surface area contributed by atoms with Crippen LogP contribution >= 0.6 is 0 Å². The molecule has 3 aromatic rings. The Morgan fingerprint density at radius 3 is 2.71 bits per heavy atom. The summed E-state index contributed by atoms with van der Waals surface area (Å²) in [4.78, 5) is 26.5. The van der Waals surface area contributed by atoms with Gasteiger partial charge in [-0.15, -0.1) is 0 Å². The number of nitrogens with zero attached hydrogens (tertiary/aromatic N) is 4. The van der Waals surface area contributed by atoms with Gasteiger partial charge in [0.2, 0.25) is 0 Å². The van der Waals surface area contributed by atoms with Crippen molar-refractivity contribution in [1.29, 1.82) is 0 Å². The monoisotopic (exact) mass is 478 g/mol. The summed E-state index contributed by atoms with van der Waals surface area (Å²) in [5.41, 5.74) is 2.58. The Kier molecular flexibility index (Phi) is 7.12. The number of hydrogen-bond donors (Lipinski definition) is 0. The number of rotatable bonds is 7. The molecular formula is C28H38N4O3. The quantitative estimate of drug-likeness (QED) is 0.377. The summed E-state index contributed by atoms with van der Waals surface area (Å²) in [5, 5.41) is 1.05. The van der Waals surface area contributed by atoms with E-state index in [1.165, 1.54) is 12.8 Å². The zero-order valence-corrected chi connectivity index (χ0v) is 21.3. The second-order valence-corrected chi connectivity index (χ2v) is 10.5. The van der Waals surface area contributed by atoms with E-state index in [0.29, 0.717) is 24.5 Å². The van der Waals surface area contributed by atoms with Crippen molar-refractivity contribution in [1.82, 2.24) is 14.9 Å². The average Bonchev–Trinajstić information content (AvgIpc) is 3.45. The Balaban J connectivity index is 1.19. The number of hydrogen-bond acceptors (Lipinski definition) is 6. The first-order chi connectivity index (χ1) is 17.0. The number of aromatic nitrogens is 2. The van der Waals surface area contributed by atoms with Crippen LogP contribution in [0.3, 0.4) is 0 Å². The summed E-state index contributed by atoms with van der Waals surface area (Å²) in [7, 11) is 0. The Morgan fingerprint density at radius 2 is 1.91 bits per heavy atom. The molecule has 1 aromatic carbocycles. The third-order valence-electron chi connectivity index (χ3n) is 7.94. The minimum atomic E-state index is -0.159. The highest BCUT2D eigenvalue weighted by Crippen LogP contribution is 2.35. The maximum absolute atomic E-state index is 12.4. The maximum Gasteiger partial charge on any atom is 0.409 e. The number of unbranched alkanes of at least 4 members (excludes halogenated alkanes) is 2. The Bertz CT molecular complexity index is 1180. The number of fused-ring (bicyclic) bond motifs is 3. The van der Waals surface area contributed by atoms with E-state index in [2.05, 4.69) is 31.7 Å². The molecule has 0 N–H and O–H groups in total. The van der Waals surface area contributed by atoms with Crippen molar-refractivity contribution < 1.29 is 13.9 Å². The number of furan rings is 1. The molecule has 7 heteroatoms. The Labute approximate surface area is 207 Å². The number of amides is 1. The molecule has 2 saturated heterocycles. The lowest BCUT2D eigenvalue weighted by molar-refractivity contribution is 0.0739. The molecule has 2 aromatic heterocycles. The molecule has 5 rings (SSSR count). The molecule has 0 bridgehead atoms. The van der Waals surface area contributed by atoms with Crippen LogP contribution in [0.2, 0.25) is 0 Å². The van der Waals surface area contributed by atoms with E-state index in [-0.39, 0.29) is 6.09 Å². The molecule has 188 valence electrons. The zero-order chi connectivity index (χ0) is 24.4. The summed E-state index contributed by atoms with van der Waals surface area (Å²) >= 11 is 0. The first kappa shape index (κ1) is 23.9. The number of piperidine rings is 1. The van der Waals surface area contributed by atoms with E-state index in [9.17, 15) is 4.79 Å². The van der Waals surface area contributed by atoms with E-state index in [0.717, 1.165) is 85.4 Å². The maximum atomic E-state index is 12.4. The number of anilines is 1. The molecule has 2 aliphatic heterocycles. The number of likely N-dealkylation sites (tertiary alicyclic amines) is 1. The number of carbonyl (C=O) groups is 1. The van der Waals surface area contributed by atoms with E-state index in [1.54, 1.807) is 0 Å². The van der Waals surface area contributed by atoms with Crippen LogP contribution in [0.4, 0.5) is 10.6 Å². The van der Waals surface area contributed by atoms with E-state index in [1.807, 2.05) is 23.1 Å². The molecule has 0 radical (unpaired) electrons. The standard InChI is InChI=1S/C28H38N4O3/c1-19-14-16-31(18-20(19)2)28(33)34-17-8-4-5-13-24-29-25-22-11-6-7-12-23(22)35-26(25)27(30-24)32-15-9-10-21(32)3/h6-7,11-12,19-21H,4-5,8-10,13-18H2,1-3H3/t19?,20-,21+/m0/s1. The third-order valence-corrected chi connectivity index (χ3v) is 7.94. The van der Waals surface area contributed by atoms with Gasteiger partial charge in [-0.25, -0.2) is 14.8 Å². The van der Waals surface area contributed by atoms with Gasteiger partial charge in [0.05, 0.1) is 6.61 Å². The molecule has 7 nitrogen and oxygen atoms in total. The topological polar surface area (TPSA) is 71.7 Å². The number of carbonyl (C=O) groups excluding carboxylic acids is 1. The predicted molar refractivity (Wildman–Crippen MR) is 139 cm³/mol. The predicted octanol–water partition coefficient (Wildman–Crippen LogP) is 6.19. The van der Waals surface area contributed by atoms with Crippen LogP contribution in [0, 0.1) is 11.8 Å². The van der Waals surface area contributed by atoms with Gasteiger partial charge >= 0.3 is 6.09 Å². The molecule has 2 aliphatic rings. The van der Waals surface area contributed by atoms with Crippen molar-refractivity contribution >= 4 is 34.0 Å². The largest absolute Gasteiger partial charge is 0.450 e. The van der Waals surface area contributed by atoms with Crippen LogP contribution in [0.5, 0.6) is 0 Å². The lowest BCUT2D eigenvalue weighted by Crippen LogP contribution is -2.42. The lowest BCUT2D eigenvalue weighted by Gasteiger charge is -2.34. The van der Waals surface area contributed by atoms with Crippen LogP contribution in [-0.4, -0.2) is 53.2 Å². The summed E-state index contributed by atoms with van der Waals surface area (Å²) < 4.78 is 11.8.